The molecule has 3 heterocycles. The van der Waals surface area contributed by atoms with Gasteiger partial charge in [-0.25, -0.2) is 0 Å². The lowest BCUT2D eigenvalue weighted by Crippen LogP contribution is -2.43. The smallest absolute Gasteiger partial charge is 0.247 e. The Hall–Kier alpha value is -2.32. The molecular weight excluding hydrogens is 430 g/mol. The molecular formula is C23H27N3O3S2. The van der Waals surface area contributed by atoms with Gasteiger partial charge in [0.2, 0.25) is 17.7 Å². The van der Waals surface area contributed by atoms with Crippen molar-refractivity contribution in [3.8, 4) is 0 Å². The van der Waals surface area contributed by atoms with Crippen LogP contribution in [0, 0.1) is 0 Å². The second-order valence-corrected chi connectivity index (χ2v) is 10.1. The van der Waals surface area contributed by atoms with E-state index in [0.29, 0.717) is 31.5 Å². The summed E-state index contributed by atoms with van der Waals surface area (Å²) in [5.74, 6) is 2.02. The first-order valence-corrected chi connectivity index (χ1v) is 12.7. The third kappa shape index (κ3) is 5.68. The number of hydrogen-bond donors (Lipinski definition) is 1. The molecule has 1 aromatic carbocycles. The van der Waals surface area contributed by atoms with Crippen LogP contribution in [0.15, 0.2) is 41.8 Å². The van der Waals surface area contributed by atoms with Gasteiger partial charge in [-0.1, -0.05) is 18.2 Å². The van der Waals surface area contributed by atoms with E-state index in [4.69, 9.17) is 0 Å². The summed E-state index contributed by atoms with van der Waals surface area (Å²) >= 11 is 3.45. The maximum absolute atomic E-state index is 12.8. The highest BCUT2D eigenvalue weighted by atomic mass is 32.2. The minimum atomic E-state index is -0.425. The number of carbonyl (C=O) groups excluding carboxylic acids is 3. The monoisotopic (exact) mass is 457 g/mol. The van der Waals surface area contributed by atoms with Crippen LogP contribution < -0.4 is 5.32 Å². The van der Waals surface area contributed by atoms with E-state index in [2.05, 4.69) is 5.32 Å². The average Bonchev–Trinajstić information content (AvgIpc) is 3.48. The van der Waals surface area contributed by atoms with E-state index >= 15 is 0 Å². The van der Waals surface area contributed by atoms with Crippen molar-refractivity contribution < 1.29 is 14.4 Å². The molecule has 4 rings (SSSR count). The van der Waals surface area contributed by atoms with Crippen molar-refractivity contribution in [1.29, 1.82) is 0 Å². The molecule has 164 valence electrons. The number of nitrogens with one attached hydrogen (secondary N) is 1. The number of benzene rings is 1. The Morgan fingerprint density at radius 1 is 0.968 bits per heavy atom. The molecule has 3 amide bonds. The lowest BCUT2D eigenvalue weighted by Gasteiger charge is -2.26. The molecule has 1 atom stereocenters. The number of amides is 3. The summed E-state index contributed by atoms with van der Waals surface area (Å²) in [6, 6.07) is 10.9. The van der Waals surface area contributed by atoms with Gasteiger partial charge in [-0.15, -0.1) is 11.3 Å². The number of rotatable bonds is 6. The van der Waals surface area contributed by atoms with Crippen molar-refractivity contribution in [2.45, 2.75) is 31.7 Å². The molecule has 6 nitrogen and oxygen atoms in total. The van der Waals surface area contributed by atoms with Gasteiger partial charge in [-0.05, 0) is 42.0 Å². The van der Waals surface area contributed by atoms with Crippen LogP contribution in [0.25, 0.3) is 0 Å². The number of carbonyl (C=O) groups is 3. The zero-order valence-corrected chi connectivity index (χ0v) is 19.1. The van der Waals surface area contributed by atoms with Crippen LogP contribution in [0.4, 0.5) is 5.69 Å². The Balaban J connectivity index is 1.31. The van der Waals surface area contributed by atoms with Gasteiger partial charge in [0.25, 0.3) is 0 Å². The molecule has 31 heavy (non-hydrogen) atoms. The first kappa shape index (κ1) is 21.9. The van der Waals surface area contributed by atoms with Gasteiger partial charge in [0.1, 0.15) is 6.04 Å². The number of hydrogen-bond acceptors (Lipinski definition) is 5. The number of likely N-dealkylation sites (tertiary alicyclic amines) is 1. The van der Waals surface area contributed by atoms with Crippen LogP contribution in [-0.2, 0) is 27.2 Å². The molecule has 2 aliphatic heterocycles. The van der Waals surface area contributed by atoms with Gasteiger partial charge < -0.3 is 15.1 Å². The second kappa shape index (κ2) is 10.3. The minimum Gasteiger partial charge on any atom is -0.341 e. The topological polar surface area (TPSA) is 69.7 Å². The van der Waals surface area contributed by atoms with E-state index in [-0.39, 0.29) is 17.7 Å². The van der Waals surface area contributed by atoms with Crippen molar-refractivity contribution in [2.24, 2.45) is 0 Å². The van der Waals surface area contributed by atoms with Crippen molar-refractivity contribution in [2.75, 3.05) is 36.5 Å². The van der Waals surface area contributed by atoms with Gasteiger partial charge in [0, 0.05) is 41.7 Å². The van der Waals surface area contributed by atoms with E-state index in [1.807, 2.05) is 58.4 Å². The number of nitrogens with zero attached hydrogens (tertiary/aromatic N) is 2. The Morgan fingerprint density at radius 3 is 2.45 bits per heavy atom. The largest absolute Gasteiger partial charge is 0.341 e. The van der Waals surface area contributed by atoms with Crippen LogP contribution in [0.5, 0.6) is 0 Å². The zero-order chi connectivity index (χ0) is 21.6. The first-order valence-electron chi connectivity index (χ1n) is 10.7. The average molecular weight is 458 g/mol. The fourth-order valence-corrected chi connectivity index (χ4v) is 5.63. The highest BCUT2D eigenvalue weighted by Gasteiger charge is 2.34. The van der Waals surface area contributed by atoms with Crippen molar-refractivity contribution in [1.82, 2.24) is 9.80 Å². The molecule has 0 saturated carbocycles. The molecule has 1 unspecified atom stereocenters. The van der Waals surface area contributed by atoms with Crippen molar-refractivity contribution in [3.05, 3.63) is 52.2 Å². The number of thioether (sulfide) groups is 1. The van der Waals surface area contributed by atoms with Crippen LogP contribution >= 0.6 is 23.1 Å². The van der Waals surface area contributed by atoms with Crippen LogP contribution in [0.2, 0.25) is 0 Å². The predicted molar refractivity (Wildman–Crippen MR) is 125 cm³/mol. The van der Waals surface area contributed by atoms with E-state index < -0.39 is 6.04 Å². The van der Waals surface area contributed by atoms with E-state index in [1.165, 1.54) is 0 Å². The molecule has 0 bridgehead atoms. The third-order valence-corrected chi connectivity index (χ3v) is 7.54. The quantitative estimate of drug-likeness (QED) is 0.724. The lowest BCUT2D eigenvalue weighted by molar-refractivity contribution is -0.136. The normalized spacial score (nSPS) is 18.8. The molecule has 0 aliphatic carbocycles. The zero-order valence-electron chi connectivity index (χ0n) is 17.4. The second-order valence-electron chi connectivity index (χ2n) is 7.86. The SMILES string of the molecule is O=C(Nc1ccc(CC(=O)N2CCSCC2)cc1)C1CCCN1C(=O)Cc1cccs1. The van der Waals surface area contributed by atoms with Gasteiger partial charge in [0.05, 0.1) is 12.8 Å². The summed E-state index contributed by atoms with van der Waals surface area (Å²) in [6.45, 7) is 2.26. The summed E-state index contributed by atoms with van der Waals surface area (Å²) in [4.78, 5) is 42.6. The van der Waals surface area contributed by atoms with E-state index in [9.17, 15) is 14.4 Å². The summed E-state index contributed by atoms with van der Waals surface area (Å²) in [5.41, 5.74) is 1.63. The summed E-state index contributed by atoms with van der Waals surface area (Å²) in [6.07, 6.45) is 2.25. The molecule has 2 saturated heterocycles. The first-order chi connectivity index (χ1) is 15.1. The Labute approximate surface area is 191 Å². The van der Waals surface area contributed by atoms with Crippen molar-refractivity contribution >= 4 is 46.5 Å². The van der Waals surface area contributed by atoms with Crippen LogP contribution in [-0.4, -0.2) is 64.7 Å². The molecule has 2 fully saturated rings. The summed E-state index contributed by atoms with van der Waals surface area (Å²) in [5, 5.41) is 4.90. The van der Waals surface area contributed by atoms with Crippen LogP contribution in [0.1, 0.15) is 23.3 Å². The van der Waals surface area contributed by atoms with Crippen LogP contribution in [0.3, 0.4) is 0 Å². The highest BCUT2D eigenvalue weighted by Crippen LogP contribution is 2.22. The Bertz CT molecular complexity index is 909. The van der Waals surface area contributed by atoms with E-state index in [1.54, 1.807) is 16.2 Å². The molecule has 0 spiro atoms. The van der Waals surface area contributed by atoms with E-state index in [0.717, 1.165) is 41.5 Å². The molecule has 2 aromatic rings. The van der Waals surface area contributed by atoms with Crippen molar-refractivity contribution in [3.63, 3.8) is 0 Å². The molecule has 2 aliphatic rings. The number of thiophene rings is 1. The van der Waals surface area contributed by atoms with Gasteiger partial charge in [-0.3, -0.25) is 14.4 Å². The highest BCUT2D eigenvalue weighted by molar-refractivity contribution is 7.99. The molecule has 1 aromatic heterocycles. The maximum atomic E-state index is 12.8. The fraction of sp³-hybridized carbons (Fsp3) is 0.435. The van der Waals surface area contributed by atoms with Gasteiger partial charge >= 0.3 is 0 Å². The third-order valence-electron chi connectivity index (χ3n) is 5.72. The number of anilines is 1. The predicted octanol–water partition coefficient (Wildman–Crippen LogP) is 3.04. The standard InChI is InChI=1S/C23H27N3O3S2/c27-21(25-10-13-30-14-11-25)15-17-5-7-18(8-6-17)24-23(29)20-4-1-9-26(20)22(28)16-19-3-2-12-31-19/h2-3,5-8,12,20H,1,4,9-11,13-16H2,(H,24,29). The van der Waals surface area contributed by atoms with Gasteiger partial charge in [0.15, 0.2) is 0 Å². The maximum Gasteiger partial charge on any atom is 0.247 e. The molecule has 0 radical (unpaired) electrons. The Morgan fingerprint density at radius 2 is 1.74 bits per heavy atom. The lowest BCUT2D eigenvalue weighted by atomic mass is 10.1. The minimum absolute atomic E-state index is 0.00470. The molecule has 1 N–H and O–H groups in total. The summed E-state index contributed by atoms with van der Waals surface area (Å²) in [7, 11) is 0. The summed E-state index contributed by atoms with van der Waals surface area (Å²) < 4.78 is 0. The molecule has 8 heteroatoms. The fourth-order valence-electron chi connectivity index (χ4n) is 4.03. The Kier molecular flexibility index (Phi) is 7.29. The van der Waals surface area contributed by atoms with Gasteiger partial charge in [-0.2, -0.15) is 11.8 Å².